The van der Waals surface area contributed by atoms with Gasteiger partial charge in [-0.15, -0.1) is 23.7 Å². The van der Waals surface area contributed by atoms with E-state index < -0.39 is 0 Å². The van der Waals surface area contributed by atoms with Crippen LogP contribution in [0.4, 0.5) is 0 Å². The molecule has 4 nitrogen and oxygen atoms in total. The molecular weight excluding hydrogens is 353 g/mol. The lowest BCUT2D eigenvalue weighted by Crippen LogP contribution is -2.26. The fourth-order valence-corrected chi connectivity index (χ4v) is 3.70. The average Bonchev–Trinajstić information content (AvgIpc) is 3.19. The first-order valence-corrected chi connectivity index (χ1v) is 8.69. The van der Waals surface area contributed by atoms with Crippen molar-refractivity contribution < 1.29 is 4.79 Å². The van der Waals surface area contributed by atoms with Gasteiger partial charge in [0.05, 0.1) is 5.02 Å². The highest BCUT2D eigenvalue weighted by atomic mass is 35.5. The summed E-state index contributed by atoms with van der Waals surface area (Å²) in [5.41, 5.74) is 1.33. The number of hydrogen-bond donors (Lipinski definition) is 2. The molecule has 1 unspecified atom stereocenters. The van der Waals surface area contributed by atoms with Crippen LogP contribution in [0.5, 0.6) is 0 Å². The van der Waals surface area contributed by atoms with E-state index in [2.05, 4.69) is 15.6 Å². The quantitative estimate of drug-likeness (QED) is 0.843. The molecule has 0 saturated carbocycles. The van der Waals surface area contributed by atoms with E-state index in [9.17, 15) is 4.79 Å². The van der Waals surface area contributed by atoms with Gasteiger partial charge in [-0.25, -0.2) is 4.98 Å². The van der Waals surface area contributed by atoms with Gasteiger partial charge < -0.3 is 10.6 Å². The largest absolute Gasteiger partial charge is 0.351 e. The summed E-state index contributed by atoms with van der Waals surface area (Å²) in [5.74, 6) is 0.565. The van der Waals surface area contributed by atoms with Gasteiger partial charge in [-0.2, -0.15) is 0 Å². The number of carbonyl (C=O) groups excluding carboxylic acids is 1. The van der Waals surface area contributed by atoms with E-state index in [-0.39, 0.29) is 18.3 Å². The molecule has 7 heteroatoms. The van der Waals surface area contributed by atoms with Crippen LogP contribution >= 0.6 is 35.3 Å². The van der Waals surface area contributed by atoms with E-state index in [0.717, 1.165) is 30.1 Å². The molecule has 1 aromatic carbocycles. The number of halogens is 2. The highest BCUT2D eigenvalue weighted by Gasteiger charge is 2.16. The Morgan fingerprint density at radius 3 is 3.00 bits per heavy atom. The van der Waals surface area contributed by atoms with Crippen molar-refractivity contribution in [1.82, 2.24) is 15.6 Å². The molecule has 1 atom stereocenters. The molecule has 2 N–H and O–H groups in total. The van der Waals surface area contributed by atoms with Crippen LogP contribution in [0.15, 0.2) is 29.6 Å². The maximum atomic E-state index is 12.1. The van der Waals surface area contributed by atoms with Crippen molar-refractivity contribution in [2.45, 2.75) is 12.8 Å². The van der Waals surface area contributed by atoms with Crippen molar-refractivity contribution in [3.63, 3.8) is 0 Å². The zero-order chi connectivity index (χ0) is 15.4. The molecule has 1 aliphatic rings. The number of amides is 1. The number of carbonyl (C=O) groups is 1. The Balaban J connectivity index is 0.00000192. The third-order valence-electron chi connectivity index (χ3n) is 3.84. The molecule has 3 rings (SSSR count). The Hall–Kier alpha value is -1.14. The first kappa shape index (κ1) is 18.2. The SMILES string of the molecule is Cl.O=C(NCCC1CCNC1)c1csc(-c2ccccc2Cl)n1. The number of aromatic nitrogens is 1. The van der Waals surface area contributed by atoms with E-state index >= 15 is 0 Å². The second kappa shape index (κ2) is 8.64. The number of nitrogens with zero attached hydrogens (tertiary/aromatic N) is 1. The summed E-state index contributed by atoms with van der Waals surface area (Å²) < 4.78 is 0. The highest BCUT2D eigenvalue weighted by molar-refractivity contribution is 7.13. The number of rotatable bonds is 5. The zero-order valence-corrected chi connectivity index (χ0v) is 14.9. The minimum atomic E-state index is -0.111. The molecule has 2 heterocycles. The summed E-state index contributed by atoms with van der Waals surface area (Å²) in [7, 11) is 0. The predicted octanol–water partition coefficient (Wildman–Crippen LogP) is 3.61. The predicted molar refractivity (Wildman–Crippen MR) is 97.7 cm³/mol. The lowest BCUT2D eigenvalue weighted by molar-refractivity contribution is 0.0947. The van der Waals surface area contributed by atoms with Crippen LogP contribution in [0.2, 0.25) is 5.02 Å². The van der Waals surface area contributed by atoms with Crippen LogP contribution in [-0.4, -0.2) is 30.5 Å². The van der Waals surface area contributed by atoms with Gasteiger partial charge in [0, 0.05) is 17.5 Å². The molecule has 124 valence electrons. The fourth-order valence-electron chi connectivity index (χ4n) is 2.58. The van der Waals surface area contributed by atoms with Gasteiger partial charge in [-0.05, 0) is 37.9 Å². The van der Waals surface area contributed by atoms with Gasteiger partial charge in [0.1, 0.15) is 10.7 Å². The molecule has 1 aliphatic heterocycles. The molecule has 1 fully saturated rings. The highest BCUT2D eigenvalue weighted by Crippen LogP contribution is 2.30. The summed E-state index contributed by atoms with van der Waals surface area (Å²) >= 11 is 7.60. The molecule has 0 bridgehead atoms. The number of thiazole rings is 1. The molecule has 1 saturated heterocycles. The van der Waals surface area contributed by atoms with Crippen molar-refractivity contribution in [3.05, 3.63) is 40.4 Å². The van der Waals surface area contributed by atoms with Gasteiger partial charge in [0.2, 0.25) is 0 Å². The first-order chi connectivity index (χ1) is 10.7. The van der Waals surface area contributed by atoms with Crippen molar-refractivity contribution in [2.24, 2.45) is 5.92 Å². The van der Waals surface area contributed by atoms with Crippen LogP contribution in [0.3, 0.4) is 0 Å². The second-order valence-electron chi connectivity index (χ2n) is 5.42. The van der Waals surface area contributed by atoms with E-state index in [4.69, 9.17) is 11.6 Å². The summed E-state index contributed by atoms with van der Waals surface area (Å²) in [6.07, 6.45) is 2.21. The topological polar surface area (TPSA) is 54.0 Å². The van der Waals surface area contributed by atoms with Crippen LogP contribution in [0.25, 0.3) is 10.6 Å². The maximum Gasteiger partial charge on any atom is 0.270 e. The van der Waals surface area contributed by atoms with E-state index in [1.165, 1.54) is 17.8 Å². The van der Waals surface area contributed by atoms with Crippen LogP contribution < -0.4 is 10.6 Å². The normalized spacial score (nSPS) is 16.8. The Morgan fingerprint density at radius 2 is 2.26 bits per heavy atom. The van der Waals surface area contributed by atoms with E-state index in [1.807, 2.05) is 24.3 Å². The fraction of sp³-hybridized carbons (Fsp3) is 0.375. The second-order valence-corrected chi connectivity index (χ2v) is 6.69. The summed E-state index contributed by atoms with van der Waals surface area (Å²) in [6.45, 7) is 2.85. The lowest BCUT2D eigenvalue weighted by Gasteiger charge is -2.08. The van der Waals surface area contributed by atoms with Gasteiger partial charge in [0.15, 0.2) is 0 Å². The third-order valence-corrected chi connectivity index (χ3v) is 5.05. The third kappa shape index (κ3) is 4.67. The molecule has 0 aliphatic carbocycles. The maximum absolute atomic E-state index is 12.1. The first-order valence-electron chi connectivity index (χ1n) is 7.43. The lowest BCUT2D eigenvalue weighted by atomic mass is 10.1. The van der Waals surface area contributed by atoms with Crippen molar-refractivity contribution in [2.75, 3.05) is 19.6 Å². The van der Waals surface area contributed by atoms with Crippen molar-refractivity contribution >= 4 is 41.3 Å². The Labute approximate surface area is 151 Å². The van der Waals surface area contributed by atoms with Crippen LogP contribution in [0.1, 0.15) is 23.3 Å². The monoisotopic (exact) mass is 371 g/mol. The number of benzene rings is 1. The standard InChI is InChI=1S/C16H18ClN3OS.ClH/c17-13-4-2-1-3-12(13)16-20-14(10-22-16)15(21)19-8-6-11-5-7-18-9-11;/h1-4,10-11,18H,5-9H2,(H,19,21);1H. The smallest absolute Gasteiger partial charge is 0.270 e. The molecular formula is C16H19Cl2N3OS. The molecule has 2 aromatic rings. The summed E-state index contributed by atoms with van der Waals surface area (Å²) in [5, 5.41) is 9.49. The van der Waals surface area contributed by atoms with E-state index in [1.54, 1.807) is 5.38 Å². The minimum absolute atomic E-state index is 0. The average molecular weight is 372 g/mol. The van der Waals surface area contributed by atoms with Crippen molar-refractivity contribution in [1.29, 1.82) is 0 Å². The van der Waals surface area contributed by atoms with Gasteiger partial charge >= 0.3 is 0 Å². The summed E-state index contributed by atoms with van der Waals surface area (Å²) in [6, 6.07) is 7.53. The van der Waals surface area contributed by atoms with E-state index in [0.29, 0.717) is 23.2 Å². The molecule has 1 aromatic heterocycles. The van der Waals surface area contributed by atoms with Crippen LogP contribution in [-0.2, 0) is 0 Å². The molecule has 0 spiro atoms. The molecule has 0 radical (unpaired) electrons. The Morgan fingerprint density at radius 1 is 1.43 bits per heavy atom. The minimum Gasteiger partial charge on any atom is -0.351 e. The Bertz CT molecular complexity index is 656. The molecule has 23 heavy (non-hydrogen) atoms. The zero-order valence-electron chi connectivity index (χ0n) is 12.5. The number of nitrogens with one attached hydrogen (secondary N) is 2. The van der Waals surface area contributed by atoms with Crippen LogP contribution in [0, 0.1) is 5.92 Å². The van der Waals surface area contributed by atoms with Crippen molar-refractivity contribution in [3.8, 4) is 10.6 Å². The van der Waals surface area contributed by atoms with Gasteiger partial charge in [-0.1, -0.05) is 29.8 Å². The Kier molecular flexibility index (Phi) is 6.84. The molecule has 1 amide bonds. The number of hydrogen-bond acceptors (Lipinski definition) is 4. The summed E-state index contributed by atoms with van der Waals surface area (Å²) in [4.78, 5) is 16.5. The van der Waals surface area contributed by atoms with Gasteiger partial charge in [0.25, 0.3) is 5.91 Å². The van der Waals surface area contributed by atoms with Gasteiger partial charge in [-0.3, -0.25) is 4.79 Å².